The monoisotopic (exact) mass is 253 g/mol. The number of rotatable bonds is 4. The first-order valence-corrected chi connectivity index (χ1v) is 6.12. The number of hydrogen-bond acceptors (Lipinski definition) is 4. The average molecular weight is 254 g/mol. The second-order valence-electron chi connectivity index (χ2n) is 4.35. The van der Waals surface area contributed by atoms with E-state index >= 15 is 0 Å². The van der Waals surface area contributed by atoms with Gasteiger partial charge in [-0.1, -0.05) is 20.8 Å². The van der Waals surface area contributed by atoms with E-state index < -0.39 is 0 Å². The van der Waals surface area contributed by atoms with E-state index in [0.717, 1.165) is 17.8 Å². The highest BCUT2D eigenvalue weighted by molar-refractivity contribution is 6.28. The number of imidazole rings is 1. The number of H-pyrrole nitrogens is 1. The Morgan fingerprint density at radius 1 is 1.41 bits per heavy atom. The van der Waals surface area contributed by atoms with E-state index in [1.165, 1.54) is 0 Å². The normalized spacial score (nSPS) is 13.2. The summed E-state index contributed by atoms with van der Waals surface area (Å²) in [6.07, 6.45) is 2.62. The van der Waals surface area contributed by atoms with Crippen LogP contribution < -0.4 is 5.32 Å². The summed E-state index contributed by atoms with van der Waals surface area (Å²) < 4.78 is 0. The van der Waals surface area contributed by atoms with Gasteiger partial charge in [0.1, 0.15) is 5.52 Å². The topological polar surface area (TPSA) is 66.5 Å². The minimum Gasteiger partial charge on any atom is -0.365 e. The largest absolute Gasteiger partial charge is 0.365 e. The highest BCUT2D eigenvalue weighted by Crippen LogP contribution is 2.21. The lowest BCUT2D eigenvalue weighted by Crippen LogP contribution is -2.25. The van der Waals surface area contributed by atoms with E-state index in [4.69, 9.17) is 11.6 Å². The Morgan fingerprint density at radius 2 is 2.18 bits per heavy atom. The van der Waals surface area contributed by atoms with E-state index in [0.29, 0.717) is 17.6 Å². The SMILES string of the molecule is CC[C@@H](Nc1nc(Cl)nc2nc[nH]c12)C(C)C. The molecule has 0 aliphatic rings. The standard InChI is InChI=1S/C11H16ClN5/c1-4-7(6(2)3)15-10-8-9(14-5-13-8)16-11(12)17-10/h5-7H,4H2,1-3H3,(H2,13,14,15,16,17)/t7-/m1/s1. The van der Waals surface area contributed by atoms with Crippen molar-refractivity contribution < 1.29 is 0 Å². The van der Waals surface area contributed by atoms with Gasteiger partial charge in [-0.15, -0.1) is 0 Å². The molecule has 2 aromatic heterocycles. The molecule has 0 saturated carbocycles. The van der Waals surface area contributed by atoms with Crippen molar-refractivity contribution in [1.82, 2.24) is 19.9 Å². The van der Waals surface area contributed by atoms with Gasteiger partial charge in [-0.05, 0) is 23.9 Å². The summed E-state index contributed by atoms with van der Waals surface area (Å²) in [5.41, 5.74) is 1.39. The first-order chi connectivity index (χ1) is 8.11. The molecule has 0 bridgehead atoms. The second kappa shape index (κ2) is 4.87. The Morgan fingerprint density at radius 3 is 2.82 bits per heavy atom. The van der Waals surface area contributed by atoms with E-state index in [2.05, 4.69) is 46.0 Å². The molecule has 6 heteroatoms. The van der Waals surface area contributed by atoms with Gasteiger partial charge in [0.15, 0.2) is 11.5 Å². The van der Waals surface area contributed by atoms with E-state index in [1.54, 1.807) is 6.33 Å². The van der Waals surface area contributed by atoms with Gasteiger partial charge >= 0.3 is 0 Å². The Kier molecular flexibility index (Phi) is 3.47. The van der Waals surface area contributed by atoms with Crippen molar-refractivity contribution in [3.8, 4) is 0 Å². The van der Waals surface area contributed by atoms with Crippen LogP contribution >= 0.6 is 11.6 Å². The third kappa shape index (κ3) is 2.49. The molecule has 0 unspecified atom stereocenters. The molecule has 0 fully saturated rings. The quantitative estimate of drug-likeness (QED) is 0.823. The van der Waals surface area contributed by atoms with Crippen LogP contribution in [0.4, 0.5) is 5.82 Å². The Labute approximate surface area is 105 Å². The molecule has 0 saturated heterocycles. The van der Waals surface area contributed by atoms with Crippen LogP contribution in [0.3, 0.4) is 0 Å². The van der Waals surface area contributed by atoms with Crippen LogP contribution in [0.1, 0.15) is 27.2 Å². The molecular weight excluding hydrogens is 238 g/mol. The van der Waals surface area contributed by atoms with Gasteiger partial charge in [-0.3, -0.25) is 0 Å². The Balaban J connectivity index is 2.37. The fraction of sp³-hybridized carbons (Fsp3) is 0.545. The predicted molar refractivity (Wildman–Crippen MR) is 69.2 cm³/mol. The summed E-state index contributed by atoms with van der Waals surface area (Å²) >= 11 is 5.87. The van der Waals surface area contributed by atoms with E-state index in [-0.39, 0.29) is 5.28 Å². The van der Waals surface area contributed by atoms with Gasteiger partial charge in [0.05, 0.1) is 6.33 Å². The zero-order valence-corrected chi connectivity index (χ0v) is 10.9. The number of anilines is 1. The first kappa shape index (κ1) is 12.1. The Hall–Kier alpha value is -1.36. The minimum atomic E-state index is 0.214. The molecule has 2 rings (SSSR count). The van der Waals surface area contributed by atoms with Crippen LogP contribution in [-0.2, 0) is 0 Å². The third-order valence-corrected chi connectivity index (χ3v) is 2.99. The highest BCUT2D eigenvalue weighted by Gasteiger charge is 2.15. The second-order valence-corrected chi connectivity index (χ2v) is 4.68. The van der Waals surface area contributed by atoms with Gasteiger partial charge in [-0.2, -0.15) is 9.97 Å². The molecule has 0 aliphatic carbocycles. The molecule has 92 valence electrons. The zero-order chi connectivity index (χ0) is 12.4. The molecule has 2 aromatic rings. The van der Waals surface area contributed by atoms with Crippen molar-refractivity contribution in [3.63, 3.8) is 0 Å². The molecule has 2 N–H and O–H groups in total. The molecule has 1 atom stereocenters. The molecule has 0 radical (unpaired) electrons. The lowest BCUT2D eigenvalue weighted by atomic mass is 10.0. The first-order valence-electron chi connectivity index (χ1n) is 5.75. The highest BCUT2D eigenvalue weighted by atomic mass is 35.5. The number of halogens is 1. The summed E-state index contributed by atoms with van der Waals surface area (Å²) in [6.45, 7) is 6.49. The van der Waals surface area contributed by atoms with E-state index in [9.17, 15) is 0 Å². The van der Waals surface area contributed by atoms with Crippen molar-refractivity contribution in [1.29, 1.82) is 0 Å². The van der Waals surface area contributed by atoms with Gasteiger partial charge in [-0.25, -0.2) is 4.98 Å². The number of hydrogen-bond donors (Lipinski definition) is 2. The lowest BCUT2D eigenvalue weighted by Gasteiger charge is -2.21. The summed E-state index contributed by atoms with van der Waals surface area (Å²) in [5.74, 6) is 1.24. The maximum atomic E-state index is 5.87. The van der Waals surface area contributed by atoms with Crippen LogP contribution in [-0.4, -0.2) is 26.0 Å². The molecular formula is C11H16ClN5. The number of nitrogens with zero attached hydrogens (tertiary/aromatic N) is 3. The molecule has 0 aliphatic heterocycles. The number of aromatic nitrogens is 4. The lowest BCUT2D eigenvalue weighted by molar-refractivity contribution is 0.510. The van der Waals surface area contributed by atoms with Crippen LogP contribution in [0, 0.1) is 5.92 Å². The average Bonchev–Trinajstić information content (AvgIpc) is 2.72. The molecule has 0 aromatic carbocycles. The van der Waals surface area contributed by atoms with Crippen LogP contribution in [0.15, 0.2) is 6.33 Å². The fourth-order valence-corrected chi connectivity index (χ4v) is 1.99. The summed E-state index contributed by atoms with van der Waals surface area (Å²) in [6, 6.07) is 0.354. The van der Waals surface area contributed by atoms with Crippen molar-refractivity contribution in [3.05, 3.63) is 11.6 Å². The molecule has 2 heterocycles. The van der Waals surface area contributed by atoms with Crippen LogP contribution in [0.2, 0.25) is 5.28 Å². The summed E-state index contributed by atoms with van der Waals surface area (Å²) in [4.78, 5) is 15.4. The maximum Gasteiger partial charge on any atom is 0.226 e. The van der Waals surface area contributed by atoms with Gasteiger partial charge in [0, 0.05) is 6.04 Å². The fourth-order valence-electron chi connectivity index (χ4n) is 1.83. The van der Waals surface area contributed by atoms with Crippen molar-refractivity contribution >= 4 is 28.6 Å². The number of nitrogens with one attached hydrogen (secondary N) is 2. The number of fused-ring (bicyclic) bond motifs is 1. The summed E-state index contributed by atoms with van der Waals surface area (Å²) in [5, 5.41) is 3.60. The van der Waals surface area contributed by atoms with Crippen molar-refractivity contribution in [2.75, 3.05) is 5.32 Å². The van der Waals surface area contributed by atoms with E-state index in [1.807, 2.05) is 0 Å². The van der Waals surface area contributed by atoms with Gasteiger partial charge in [0.25, 0.3) is 0 Å². The smallest absolute Gasteiger partial charge is 0.226 e. The summed E-state index contributed by atoms with van der Waals surface area (Å²) in [7, 11) is 0. The maximum absolute atomic E-state index is 5.87. The van der Waals surface area contributed by atoms with Gasteiger partial charge in [0.2, 0.25) is 5.28 Å². The molecule has 17 heavy (non-hydrogen) atoms. The van der Waals surface area contributed by atoms with Gasteiger partial charge < -0.3 is 10.3 Å². The van der Waals surface area contributed by atoms with Crippen LogP contribution in [0.5, 0.6) is 0 Å². The van der Waals surface area contributed by atoms with Crippen LogP contribution in [0.25, 0.3) is 11.2 Å². The molecule has 5 nitrogen and oxygen atoms in total. The predicted octanol–water partition coefficient (Wildman–Crippen LogP) is 2.85. The molecule has 0 spiro atoms. The Bertz CT molecular complexity index is 508. The van der Waals surface area contributed by atoms with Crippen molar-refractivity contribution in [2.45, 2.75) is 33.2 Å². The number of aromatic amines is 1. The zero-order valence-electron chi connectivity index (χ0n) is 10.2. The van der Waals surface area contributed by atoms with Crippen molar-refractivity contribution in [2.24, 2.45) is 5.92 Å². The molecule has 0 amide bonds. The third-order valence-electron chi connectivity index (χ3n) is 2.83. The minimum absolute atomic E-state index is 0.214.